The Labute approximate surface area is 149 Å². The van der Waals surface area contributed by atoms with E-state index in [1.54, 1.807) is 13.2 Å². The number of nitrogens with zero attached hydrogens (tertiary/aromatic N) is 1. The lowest BCUT2D eigenvalue weighted by Crippen LogP contribution is -2.21. The molecule has 5 N–H and O–H groups in total. The minimum atomic E-state index is -0.768. The van der Waals surface area contributed by atoms with Crippen LogP contribution in [0.15, 0.2) is 24.3 Å². The number of carbonyl (C=O) groups excluding carboxylic acids is 2. The number of nitriles is 1. The first-order valence-corrected chi connectivity index (χ1v) is 8.32. The van der Waals surface area contributed by atoms with Crippen LogP contribution in [0.3, 0.4) is 0 Å². The summed E-state index contributed by atoms with van der Waals surface area (Å²) >= 11 is 1.19. The number of aryl methyl sites for hydroxylation is 1. The lowest BCUT2D eigenvalue weighted by Gasteiger charge is -2.09. The number of urea groups is 1. The Bertz CT molecular complexity index is 839. The molecular formula is C17H18N4O3S. The number of unbranched alkanes of at least 4 members (excludes halogenated alkanes) is 1. The number of hydrogen-bond donors (Lipinski definition) is 3. The van der Waals surface area contributed by atoms with Gasteiger partial charge in [-0.25, -0.2) is 4.79 Å². The first-order chi connectivity index (χ1) is 12.0. The van der Waals surface area contributed by atoms with Crippen LogP contribution in [0.1, 0.15) is 28.8 Å². The summed E-state index contributed by atoms with van der Waals surface area (Å²) in [6, 6.07) is 8.68. The highest BCUT2D eigenvalue weighted by Gasteiger charge is 2.18. The minimum absolute atomic E-state index is 0.193. The van der Waals surface area contributed by atoms with Crippen molar-refractivity contribution < 1.29 is 14.3 Å². The number of thiophene rings is 1. The van der Waals surface area contributed by atoms with E-state index in [1.165, 1.54) is 11.3 Å². The second kappa shape index (κ2) is 8.17. The van der Waals surface area contributed by atoms with E-state index in [9.17, 15) is 9.59 Å². The van der Waals surface area contributed by atoms with E-state index in [4.69, 9.17) is 21.5 Å². The van der Waals surface area contributed by atoms with Gasteiger partial charge in [0.15, 0.2) is 0 Å². The summed E-state index contributed by atoms with van der Waals surface area (Å²) in [5, 5.41) is 11.3. The van der Waals surface area contributed by atoms with Gasteiger partial charge in [0.2, 0.25) is 0 Å². The summed E-state index contributed by atoms with van der Waals surface area (Å²) in [6.07, 6.45) is 2.05. The second-order valence-electron chi connectivity index (χ2n) is 5.25. The molecule has 1 aromatic heterocycles. The maximum absolute atomic E-state index is 11.6. The van der Waals surface area contributed by atoms with Crippen molar-refractivity contribution in [2.45, 2.75) is 19.3 Å². The number of methoxy groups -OCH3 is 1. The zero-order valence-electron chi connectivity index (χ0n) is 13.7. The molecule has 2 rings (SSSR count). The summed E-state index contributed by atoms with van der Waals surface area (Å²) in [4.78, 5) is 23.4. The van der Waals surface area contributed by atoms with Gasteiger partial charge >= 0.3 is 6.03 Å². The van der Waals surface area contributed by atoms with Gasteiger partial charge in [-0.3, -0.25) is 10.1 Å². The number of carbonyl (C=O) groups is 2. The van der Waals surface area contributed by atoms with E-state index in [0.717, 1.165) is 28.8 Å². The van der Waals surface area contributed by atoms with E-state index in [-0.39, 0.29) is 5.56 Å². The van der Waals surface area contributed by atoms with Crippen molar-refractivity contribution in [1.29, 1.82) is 5.26 Å². The number of hydrogen-bond acceptors (Lipinski definition) is 5. The van der Waals surface area contributed by atoms with Crippen LogP contribution >= 0.6 is 11.3 Å². The van der Waals surface area contributed by atoms with Crippen LogP contribution in [0.5, 0.6) is 5.75 Å². The average molecular weight is 358 g/mol. The molecule has 3 amide bonds. The zero-order valence-corrected chi connectivity index (χ0v) is 14.5. The molecule has 1 aromatic carbocycles. The number of nitrogens with one attached hydrogen (secondary N) is 1. The molecule has 0 aliphatic heterocycles. The molecule has 0 unspecified atom stereocenters. The van der Waals surface area contributed by atoms with Crippen molar-refractivity contribution >= 4 is 28.3 Å². The van der Waals surface area contributed by atoms with Crippen LogP contribution in [0.2, 0.25) is 0 Å². The Hall–Kier alpha value is -3.05. The van der Waals surface area contributed by atoms with Gasteiger partial charge in [-0.05, 0) is 36.6 Å². The third kappa shape index (κ3) is 4.49. The fraction of sp³-hybridized carbons (Fsp3) is 0.235. The van der Waals surface area contributed by atoms with E-state index >= 15 is 0 Å². The summed E-state index contributed by atoms with van der Waals surface area (Å²) in [5.74, 6) is -0.0179. The summed E-state index contributed by atoms with van der Waals surface area (Å²) in [5.41, 5.74) is 12.5. The lowest BCUT2D eigenvalue weighted by atomic mass is 10.0. The predicted molar refractivity (Wildman–Crippen MR) is 96.6 cm³/mol. The topological polar surface area (TPSA) is 131 Å². The average Bonchev–Trinajstić information content (AvgIpc) is 2.98. The molecule has 0 aliphatic carbocycles. The lowest BCUT2D eigenvalue weighted by molar-refractivity contribution is 0.100. The summed E-state index contributed by atoms with van der Waals surface area (Å²) in [6.45, 7) is 0. The molecule has 0 aliphatic rings. The maximum atomic E-state index is 11.6. The van der Waals surface area contributed by atoms with Crippen LogP contribution in [0, 0.1) is 11.3 Å². The molecule has 25 heavy (non-hydrogen) atoms. The van der Waals surface area contributed by atoms with Gasteiger partial charge in [-0.1, -0.05) is 6.07 Å². The molecule has 8 heteroatoms. The van der Waals surface area contributed by atoms with Gasteiger partial charge in [-0.15, -0.1) is 11.3 Å². The third-order valence-corrected chi connectivity index (χ3v) is 4.60. The third-order valence-electron chi connectivity index (χ3n) is 3.52. The first kappa shape index (κ1) is 18.3. The molecule has 7 nitrogen and oxygen atoms in total. The van der Waals surface area contributed by atoms with E-state index < -0.39 is 11.9 Å². The van der Waals surface area contributed by atoms with Gasteiger partial charge in [0, 0.05) is 16.9 Å². The van der Waals surface area contributed by atoms with Gasteiger partial charge in [0.25, 0.3) is 5.91 Å². The number of nitrogens with two attached hydrogens (primary N) is 2. The number of ether oxygens (including phenoxy) is 1. The van der Waals surface area contributed by atoms with Crippen molar-refractivity contribution in [3.63, 3.8) is 0 Å². The molecule has 0 saturated heterocycles. The Morgan fingerprint density at radius 1 is 1.32 bits per heavy atom. The smallest absolute Gasteiger partial charge is 0.317 e. The summed E-state index contributed by atoms with van der Waals surface area (Å²) < 4.78 is 5.45. The molecule has 0 atom stereocenters. The van der Waals surface area contributed by atoms with Gasteiger partial charge in [-0.2, -0.15) is 5.26 Å². The largest absolute Gasteiger partial charge is 0.496 e. The van der Waals surface area contributed by atoms with E-state index in [2.05, 4.69) is 11.4 Å². The predicted octanol–water partition coefficient (Wildman–Crippen LogP) is 2.86. The molecule has 1 heterocycles. The zero-order chi connectivity index (χ0) is 18.4. The van der Waals surface area contributed by atoms with Gasteiger partial charge in [0.05, 0.1) is 18.7 Å². The van der Waals surface area contributed by atoms with Crippen LogP contribution in [0.4, 0.5) is 9.80 Å². The van der Waals surface area contributed by atoms with Crippen LogP contribution in [0.25, 0.3) is 10.4 Å². The highest BCUT2D eigenvalue weighted by Crippen LogP contribution is 2.40. The van der Waals surface area contributed by atoms with Crippen molar-refractivity contribution in [3.05, 3.63) is 35.4 Å². The van der Waals surface area contributed by atoms with Crippen LogP contribution < -0.4 is 21.5 Å². The Kier molecular flexibility index (Phi) is 5.98. The molecule has 0 spiro atoms. The Balaban J connectivity index is 2.39. The maximum Gasteiger partial charge on any atom is 0.317 e. The fourth-order valence-electron chi connectivity index (χ4n) is 2.38. The monoisotopic (exact) mass is 358 g/mol. The number of benzene rings is 1. The van der Waals surface area contributed by atoms with Crippen molar-refractivity contribution in [1.82, 2.24) is 0 Å². The van der Waals surface area contributed by atoms with Gasteiger partial charge in [0.1, 0.15) is 10.8 Å². The Morgan fingerprint density at radius 3 is 2.68 bits per heavy atom. The van der Waals surface area contributed by atoms with Gasteiger partial charge < -0.3 is 16.2 Å². The van der Waals surface area contributed by atoms with Crippen molar-refractivity contribution in [3.8, 4) is 22.3 Å². The summed E-state index contributed by atoms with van der Waals surface area (Å²) in [7, 11) is 1.56. The van der Waals surface area contributed by atoms with Crippen molar-refractivity contribution in [2.24, 2.45) is 11.5 Å². The molecular weight excluding hydrogens is 340 g/mol. The number of anilines is 1. The standard InChI is InChI=1S/C17H18N4O3S/c1-24-13-8-10(4-2-3-7-18)5-6-11(13)14-9-12(15(19)22)16(25-14)21-17(20)23/h5-6,8-9H,2-4H2,1H3,(H2,19,22)(H3,20,21,23). The number of amides is 3. The second-order valence-corrected chi connectivity index (χ2v) is 6.31. The minimum Gasteiger partial charge on any atom is -0.496 e. The molecule has 2 aromatic rings. The highest BCUT2D eigenvalue weighted by molar-refractivity contribution is 7.20. The van der Waals surface area contributed by atoms with Crippen LogP contribution in [-0.2, 0) is 6.42 Å². The number of rotatable bonds is 7. The molecule has 0 radical (unpaired) electrons. The van der Waals surface area contributed by atoms with E-state index in [1.807, 2.05) is 18.2 Å². The van der Waals surface area contributed by atoms with E-state index in [0.29, 0.717) is 17.2 Å². The SMILES string of the molecule is COc1cc(CCCC#N)ccc1-c1cc(C(N)=O)c(NC(N)=O)s1. The molecule has 0 saturated carbocycles. The van der Waals surface area contributed by atoms with Crippen molar-refractivity contribution in [2.75, 3.05) is 12.4 Å². The molecule has 0 bridgehead atoms. The highest BCUT2D eigenvalue weighted by atomic mass is 32.1. The number of primary amides is 2. The normalized spacial score (nSPS) is 10.1. The van der Waals surface area contributed by atoms with Crippen LogP contribution in [-0.4, -0.2) is 19.0 Å². The molecule has 130 valence electrons. The Morgan fingerprint density at radius 2 is 2.08 bits per heavy atom. The molecule has 0 fully saturated rings. The first-order valence-electron chi connectivity index (χ1n) is 7.50. The quantitative estimate of drug-likeness (QED) is 0.657. The fourth-order valence-corrected chi connectivity index (χ4v) is 3.47.